The van der Waals surface area contributed by atoms with Gasteiger partial charge in [-0.05, 0) is 42.9 Å². The number of hydrogen-bond donors (Lipinski definition) is 0. The number of nitrogens with zero attached hydrogens (tertiary/aromatic N) is 1. The van der Waals surface area contributed by atoms with Crippen molar-refractivity contribution in [3.8, 4) is 0 Å². The van der Waals surface area contributed by atoms with Gasteiger partial charge in [-0.15, -0.1) is 0 Å². The molecule has 1 aliphatic carbocycles. The Morgan fingerprint density at radius 2 is 1.77 bits per heavy atom. The van der Waals surface area contributed by atoms with E-state index >= 15 is 0 Å². The quantitative estimate of drug-likeness (QED) is 0.708. The first-order valence-electron chi connectivity index (χ1n) is 9.05. The van der Waals surface area contributed by atoms with Crippen molar-refractivity contribution in [3.63, 3.8) is 0 Å². The zero-order valence-electron chi connectivity index (χ0n) is 15.2. The highest BCUT2D eigenvalue weighted by molar-refractivity contribution is 7.91. The fraction of sp³-hybridized carbons (Fsp3) is 0.579. The Labute approximate surface area is 154 Å². The first kappa shape index (κ1) is 18.9. The van der Waals surface area contributed by atoms with Gasteiger partial charge in [-0.1, -0.05) is 26.0 Å². The topological polar surface area (TPSA) is 80.8 Å². The summed E-state index contributed by atoms with van der Waals surface area (Å²) in [6, 6.07) is 6.95. The van der Waals surface area contributed by atoms with Crippen LogP contribution in [-0.2, 0) is 19.4 Å². The molecule has 3 rings (SSSR count). The summed E-state index contributed by atoms with van der Waals surface area (Å²) < 4.78 is 28.6. The Kier molecular flexibility index (Phi) is 5.37. The summed E-state index contributed by atoms with van der Waals surface area (Å²) in [6.07, 6.45) is 2.23. The molecule has 1 saturated heterocycles. The van der Waals surface area contributed by atoms with Crippen LogP contribution in [0.5, 0.6) is 0 Å². The van der Waals surface area contributed by atoms with Crippen molar-refractivity contribution in [1.82, 2.24) is 4.90 Å². The molecular weight excluding hydrogens is 354 g/mol. The summed E-state index contributed by atoms with van der Waals surface area (Å²) >= 11 is 0. The van der Waals surface area contributed by atoms with Gasteiger partial charge in [0.1, 0.15) is 0 Å². The second-order valence-corrected chi connectivity index (χ2v) is 9.67. The Morgan fingerprint density at radius 3 is 2.27 bits per heavy atom. The van der Waals surface area contributed by atoms with E-state index in [1.54, 1.807) is 17.0 Å². The predicted octanol–water partition coefficient (Wildman–Crippen LogP) is 2.14. The van der Waals surface area contributed by atoms with Crippen molar-refractivity contribution in [2.75, 3.05) is 18.1 Å². The number of rotatable bonds is 6. The molecule has 1 aromatic rings. The van der Waals surface area contributed by atoms with Gasteiger partial charge in [0.05, 0.1) is 17.1 Å². The van der Waals surface area contributed by atoms with E-state index in [9.17, 15) is 18.0 Å². The summed E-state index contributed by atoms with van der Waals surface area (Å²) in [5, 5.41) is 0. The molecule has 7 heteroatoms. The van der Waals surface area contributed by atoms with Crippen molar-refractivity contribution in [1.29, 1.82) is 0 Å². The third kappa shape index (κ3) is 4.44. The van der Waals surface area contributed by atoms with Crippen LogP contribution in [0.4, 0.5) is 0 Å². The minimum atomic E-state index is -3.07. The van der Waals surface area contributed by atoms with Crippen molar-refractivity contribution in [2.45, 2.75) is 51.1 Å². The zero-order valence-corrected chi connectivity index (χ0v) is 16.0. The maximum atomic E-state index is 12.6. The molecule has 142 valence electrons. The highest BCUT2D eigenvalue weighted by atomic mass is 32.2. The number of hydrogen-bond acceptors (Lipinski definition) is 5. The van der Waals surface area contributed by atoms with E-state index in [1.165, 1.54) is 0 Å². The van der Waals surface area contributed by atoms with E-state index in [4.69, 9.17) is 4.74 Å². The van der Waals surface area contributed by atoms with E-state index in [2.05, 4.69) is 13.8 Å². The molecule has 0 spiro atoms. The second kappa shape index (κ2) is 7.39. The molecule has 0 unspecified atom stereocenters. The van der Waals surface area contributed by atoms with E-state index in [0.29, 0.717) is 17.9 Å². The molecule has 0 bridgehead atoms. The van der Waals surface area contributed by atoms with Gasteiger partial charge in [-0.3, -0.25) is 4.79 Å². The fourth-order valence-corrected chi connectivity index (χ4v) is 5.05. The lowest BCUT2D eigenvalue weighted by Crippen LogP contribution is -2.44. The van der Waals surface area contributed by atoms with Crippen molar-refractivity contribution < 1.29 is 22.7 Å². The van der Waals surface area contributed by atoms with Gasteiger partial charge in [-0.25, -0.2) is 13.2 Å². The summed E-state index contributed by atoms with van der Waals surface area (Å²) in [5.41, 5.74) is 1.53. The number of ether oxygens (including phenoxy) is 1. The number of esters is 1. The molecule has 1 aromatic carbocycles. The van der Waals surface area contributed by atoms with Crippen molar-refractivity contribution >= 4 is 21.7 Å². The van der Waals surface area contributed by atoms with Crippen LogP contribution in [0.15, 0.2) is 24.3 Å². The third-order valence-electron chi connectivity index (χ3n) is 4.97. The smallest absolute Gasteiger partial charge is 0.338 e. The summed E-state index contributed by atoms with van der Waals surface area (Å²) in [4.78, 5) is 26.4. The Morgan fingerprint density at radius 1 is 1.12 bits per heavy atom. The van der Waals surface area contributed by atoms with Crippen LogP contribution in [0, 0.1) is 0 Å². The summed E-state index contributed by atoms with van der Waals surface area (Å²) in [5.74, 6) is -0.336. The van der Waals surface area contributed by atoms with Crippen LogP contribution < -0.4 is 0 Å². The molecule has 0 radical (unpaired) electrons. The lowest BCUT2D eigenvalue weighted by Gasteiger charge is -2.28. The third-order valence-corrected chi connectivity index (χ3v) is 6.72. The van der Waals surface area contributed by atoms with E-state index in [1.807, 2.05) is 12.1 Å². The Hall–Kier alpha value is -1.89. The summed E-state index contributed by atoms with van der Waals surface area (Å²) in [6.45, 7) is 3.79. The molecule has 1 amide bonds. The van der Waals surface area contributed by atoms with Crippen LogP contribution >= 0.6 is 0 Å². The van der Waals surface area contributed by atoms with E-state index < -0.39 is 15.8 Å². The highest BCUT2D eigenvalue weighted by Crippen LogP contribution is 2.32. The van der Waals surface area contributed by atoms with E-state index in [-0.39, 0.29) is 36.1 Å². The molecule has 1 saturated carbocycles. The van der Waals surface area contributed by atoms with Gasteiger partial charge in [0.25, 0.3) is 5.91 Å². The van der Waals surface area contributed by atoms with Crippen LogP contribution in [0.1, 0.15) is 54.9 Å². The molecule has 1 heterocycles. The molecule has 6 nitrogen and oxygen atoms in total. The van der Waals surface area contributed by atoms with Crippen LogP contribution in [0.25, 0.3) is 0 Å². The van der Waals surface area contributed by atoms with Crippen LogP contribution in [0.2, 0.25) is 0 Å². The van der Waals surface area contributed by atoms with E-state index in [0.717, 1.165) is 18.4 Å². The predicted molar refractivity (Wildman–Crippen MR) is 97.7 cm³/mol. The first-order chi connectivity index (χ1) is 12.3. The van der Waals surface area contributed by atoms with Crippen molar-refractivity contribution in [2.24, 2.45) is 0 Å². The molecular formula is C19H25NO5S. The lowest BCUT2D eigenvalue weighted by molar-refractivity contribution is -0.137. The molecule has 0 aromatic heterocycles. The maximum absolute atomic E-state index is 12.6. The molecule has 2 fully saturated rings. The summed E-state index contributed by atoms with van der Waals surface area (Å²) in [7, 11) is -3.07. The Balaban J connectivity index is 1.59. The average Bonchev–Trinajstić information content (AvgIpc) is 3.36. The SMILES string of the molecule is CC(C)c1ccc(C(=O)OCC(=O)N(C2CC2)[C@@H]2CCS(=O)(=O)C2)cc1. The first-order valence-corrected chi connectivity index (χ1v) is 10.9. The van der Waals surface area contributed by atoms with Gasteiger partial charge in [0, 0.05) is 12.1 Å². The minimum Gasteiger partial charge on any atom is -0.452 e. The molecule has 0 N–H and O–H groups in total. The monoisotopic (exact) mass is 379 g/mol. The molecule has 1 aliphatic heterocycles. The molecule has 26 heavy (non-hydrogen) atoms. The second-order valence-electron chi connectivity index (χ2n) is 7.44. The lowest BCUT2D eigenvalue weighted by atomic mass is 10.0. The largest absolute Gasteiger partial charge is 0.452 e. The maximum Gasteiger partial charge on any atom is 0.338 e. The number of carbonyl (C=O) groups is 2. The highest BCUT2D eigenvalue weighted by Gasteiger charge is 2.42. The minimum absolute atomic E-state index is 0.0137. The Bertz CT molecular complexity index is 781. The van der Waals surface area contributed by atoms with Crippen LogP contribution in [-0.4, -0.2) is 55.4 Å². The van der Waals surface area contributed by atoms with Gasteiger partial charge in [-0.2, -0.15) is 0 Å². The molecule has 1 atom stereocenters. The number of carbonyl (C=O) groups excluding carboxylic acids is 2. The van der Waals surface area contributed by atoms with Gasteiger partial charge >= 0.3 is 5.97 Å². The van der Waals surface area contributed by atoms with Crippen molar-refractivity contribution in [3.05, 3.63) is 35.4 Å². The molecule has 2 aliphatic rings. The zero-order chi connectivity index (χ0) is 18.9. The number of sulfone groups is 1. The number of amides is 1. The van der Waals surface area contributed by atoms with Gasteiger partial charge in [0.2, 0.25) is 0 Å². The van der Waals surface area contributed by atoms with Gasteiger partial charge < -0.3 is 9.64 Å². The van der Waals surface area contributed by atoms with Gasteiger partial charge in [0.15, 0.2) is 16.4 Å². The average molecular weight is 379 g/mol. The normalized spacial score (nSPS) is 21.6. The standard InChI is InChI=1S/C19H25NO5S/c1-13(2)14-3-5-15(6-4-14)19(22)25-11-18(21)20(16-7-8-16)17-9-10-26(23,24)12-17/h3-6,13,16-17H,7-12H2,1-2H3/t17-/m1/s1. The fourth-order valence-electron chi connectivity index (χ4n) is 3.34. The van der Waals surface area contributed by atoms with Crippen LogP contribution in [0.3, 0.4) is 0 Å². The number of benzene rings is 1.